The normalized spacial score (nSPS) is 12.9. The Morgan fingerprint density at radius 1 is 1.00 bits per heavy atom. The molecule has 25 heavy (non-hydrogen) atoms. The summed E-state index contributed by atoms with van der Waals surface area (Å²) in [4.78, 5) is 12.1. The van der Waals surface area contributed by atoms with Gasteiger partial charge in [-0.1, -0.05) is 95.5 Å². The number of rotatable bonds is 7. The van der Waals surface area contributed by atoms with Crippen LogP contribution in [-0.4, -0.2) is 22.4 Å². The van der Waals surface area contributed by atoms with E-state index >= 15 is 0 Å². The fourth-order valence-electron chi connectivity index (χ4n) is 2.18. The van der Waals surface area contributed by atoms with Crippen molar-refractivity contribution < 1.29 is 4.79 Å². The minimum Gasteiger partial charge on any atom is -0.333 e. The van der Waals surface area contributed by atoms with Gasteiger partial charge in [0.2, 0.25) is 9.70 Å². The van der Waals surface area contributed by atoms with Gasteiger partial charge in [0.1, 0.15) is 6.17 Å². The summed E-state index contributed by atoms with van der Waals surface area (Å²) >= 11 is 17.9. The smallest absolute Gasteiger partial charge is 0.245 e. The van der Waals surface area contributed by atoms with Crippen molar-refractivity contribution in [3.05, 3.63) is 77.9 Å². The Morgan fingerprint density at radius 3 is 2.20 bits per heavy atom. The van der Waals surface area contributed by atoms with Gasteiger partial charge in [0.05, 0.1) is 0 Å². The van der Waals surface area contributed by atoms with Crippen molar-refractivity contribution in [2.75, 3.05) is 6.54 Å². The van der Waals surface area contributed by atoms with Gasteiger partial charge in [-0.3, -0.25) is 10.1 Å². The average Bonchev–Trinajstić information content (AvgIpc) is 2.60. The number of carbonyl (C=O) groups is 1. The summed E-state index contributed by atoms with van der Waals surface area (Å²) in [7, 11) is 0. The fourth-order valence-corrected chi connectivity index (χ4v) is 2.58. The van der Waals surface area contributed by atoms with Crippen LogP contribution in [0.25, 0.3) is 6.08 Å². The summed E-state index contributed by atoms with van der Waals surface area (Å²) < 4.78 is -1.66. The molecule has 2 rings (SSSR count). The number of carbonyl (C=O) groups excluding carboxylic acids is 1. The van der Waals surface area contributed by atoms with Crippen LogP contribution in [0.5, 0.6) is 0 Å². The third kappa shape index (κ3) is 7.49. The molecule has 1 amide bonds. The zero-order valence-corrected chi connectivity index (χ0v) is 15.7. The largest absolute Gasteiger partial charge is 0.333 e. The minimum atomic E-state index is -1.66. The zero-order valence-electron chi connectivity index (χ0n) is 13.5. The Bertz CT molecular complexity index is 685. The van der Waals surface area contributed by atoms with E-state index in [1.54, 1.807) is 6.08 Å². The first-order chi connectivity index (χ1) is 11.9. The second-order valence-electron chi connectivity index (χ2n) is 5.42. The van der Waals surface area contributed by atoms with E-state index in [4.69, 9.17) is 34.8 Å². The molecule has 0 saturated carbocycles. The summed E-state index contributed by atoms with van der Waals surface area (Å²) in [6, 6.07) is 19.4. The van der Waals surface area contributed by atoms with Gasteiger partial charge >= 0.3 is 0 Å². The van der Waals surface area contributed by atoms with Gasteiger partial charge in [-0.15, -0.1) is 0 Å². The number of hydrogen-bond acceptors (Lipinski definition) is 2. The van der Waals surface area contributed by atoms with Gasteiger partial charge in [-0.2, -0.15) is 0 Å². The first-order valence-corrected chi connectivity index (χ1v) is 8.96. The lowest BCUT2D eigenvalue weighted by Gasteiger charge is -2.26. The van der Waals surface area contributed by atoms with Gasteiger partial charge in [-0.05, 0) is 23.6 Å². The van der Waals surface area contributed by atoms with E-state index in [1.165, 1.54) is 6.08 Å². The van der Waals surface area contributed by atoms with E-state index in [0.29, 0.717) is 6.54 Å². The van der Waals surface area contributed by atoms with E-state index in [0.717, 1.165) is 17.5 Å². The van der Waals surface area contributed by atoms with Crippen LogP contribution >= 0.6 is 34.8 Å². The zero-order chi connectivity index (χ0) is 18.1. The third-order valence-corrected chi connectivity index (χ3v) is 4.10. The van der Waals surface area contributed by atoms with Crippen molar-refractivity contribution in [2.45, 2.75) is 16.4 Å². The first-order valence-electron chi connectivity index (χ1n) is 7.83. The highest BCUT2D eigenvalue weighted by Gasteiger charge is 2.33. The molecule has 0 aliphatic rings. The van der Waals surface area contributed by atoms with Crippen molar-refractivity contribution in [2.24, 2.45) is 0 Å². The lowest BCUT2D eigenvalue weighted by atomic mass is 10.1. The molecule has 2 N–H and O–H groups in total. The standard InChI is InChI=1S/C19H19Cl3N2O/c20-19(21,22)18(23-14-13-16-9-5-2-6-10-16)24-17(25)12-11-15-7-3-1-4-8-15/h1-12,18,23H,13-14H2,(H,24,25)/b12-11+/t18-/m0/s1. The van der Waals surface area contributed by atoms with Gasteiger partial charge in [0.25, 0.3) is 0 Å². The van der Waals surface area contributed by atoms with Gasteiger partial charge in [0, 0.05) is 12.6 Å². The molecule has 2 aromatic rings. The maximum absolute atomic E-state index is 12.1. The van der Waals surface area contributed by atoms with Crippen LogP contribution in [0, 0.1) is 0 Å². The Hall–Kier alpha value is -1.52. The lowest BCUT2D eigenvalue weighted by Crippen LogP contribution is -2.53. The summed E-state index contributed by atoms with van der Waals surface area (Å²) in [5.41, 5.74) is 2.08. The molecule has 0 aromatic heterocycles. The number of halogens is 3. The first kappa shape index (κ1) is 19.8. The molecule has 0 spiro atoms. The number of alkyl halides is 3. The van der Waals surface area contributed by atoms with E-state index in [2.05, 4.69) is 10.6 Å². The second kappa shape index (κ2) is 9.83. The van der Waals surface area contributed by atoms with Crippen LogP contribution in [0.4, 0.5) is 0 Å². The number of nitrogens with one attached hydrogen (secondary N) is 2. The fraction of sp³-hybridized carbons (Fsp3) is 0.211. The molecule has 0 saturated heterocycles. The van der Waals surface area contributed by atoms with Gasteiger partial charge < -0.3 is 5.32 Å². The van der Waals surface area contributed by atoms with Crippen molar-refractivity contribution >= 4 is 46.8 Å². The molecule has 0 radical (unpaired) electrons. The predicted octanol–water partition coefficient (Wildman–Crippen LogP) is 4.34. The van der Waals surface area contributed by atoms with Crippen LogP contribution in [0.1, 0.15) is 11.1 Å². The summed E-state index contributed by atoms with van der Waals surface area (Å²) in [6.45, 7) is 0.561. The highest BCUT2D eigenvalue weighted by atomic mass is 35.6. The van der Waals surface area contributed by atoms with Crippen LogP contribution in [0.3, 0.4) is 0 Å². The van der Waals surface area contributed by atoms with Crippen LogP contribution in [0.2, 0.25) is 0 Å². The lowest BCUT2D eigenvalue weighted by molar-refractivity contribution is -0.117. The molecule has 2 aromatic carbocycles. The van der Waals surface area contributed by atoms with E-state index in [1.807, 2.05) is 60.7 Å². The maximum atomic E-state index is 12.1. The molecule has 0 aliphatic carbocycles. The summed E-state index contributed by atoms with van der Waals surface area (Å²) in [6.07, 6.45) is 3.08. The van der Waals surface area contributed by atoms with Crippen molar-refractivity contribution in [1.82, 2.24) is 10.6 Å². The maximum Gasteiger partial charge on any atom is 0.245 e. The predicted molar refractivity (Wildman–Crippen MR) is 106 cm³/mol. The van der Waals surface area contributed by atoms with Crippen LogP contribution in [0.15, 0.2) is 66.7 Å². The molecule has 0 bridgehead atoms. The topological polar surface area (TPSA) is 41.1 Å². The van der Waals surface area contributed by atoms with Crippen molar-refractivity contribution in [3.63, 3.8) is 0 Å². The van der Waals surface area contributed by atoms with E-state index in [9.17, 15) is 4.79 Å². The monoisotopic (exact) mass is 396 g/mol. The van der Waals surface area contributed by atoms with E-state index < -0.39 is 9.96 Å². The molecule has 0 fully saturated rings. The van der Waals surface area contributed by atoms with Gasteiger partial charge in [0.15, 0.2) is 0 Å². The number of amides is 1. The molecule has 6 heteroatoms. The summed E-state index contributed by atoms with van der Waals surface area (Å²) in [5.74, 6) is -0.340. The highest BCUT2D eigenvalue weighted by molar-refractivity contribution is 6.68. The number of hydrogen-bond donors (Lipinski definition) is 2. The van der Waals surface area contributed by atoms with Crippen LogP contribution < -0.4 is 10.6 Å². The van der Waals surface area contributed by atoms with Crippen molar-refractivity contribution in [3.8, 4) is 0 Å². The molecule has 0 heterocycles. The molecular formula is C19H19Cl3N2O. The third-order valence-electron chi connectivity index (χ3n) is 3.45. The highest BCUT2D eigenvalue weighted by Crippen LogP contribution is 2.29. The van der Waals surface area contributed by atoms with E-state index in [-0.39, 0.29) is 5.91 Å². The Labute approximate surface area is 163 Å². The SMILES string of the molecule is O=C(/C=C/c1ccccc1)N[C@H](NCCc1ccccc1)C(Cl)(Cl)Cl. The Balaban J connectivity index is 1.89. The van der Waals surface area contributed by atoms with Crippen molar-refractivity contribution in [1.29, 1.82) is 0 Å². The Kier molecular flexibility index (Phi) is 7.79. The molecule has 132 valence electrons. The molecular weight excluding hydrogens is 379 g/mol. The molecule has 0 aliphatic heterocycles. The Morgan fingerprint density at radius 2 is 1.60 bits per heavy atom. The average molecular weight is 398 g/mol. The number of benzene rings is 2. The van der Waals surface area contributed by atoms with Crippen LogP contribution in [-0.2, 0) is 11.2 Å². The molecule has 1 atom stereocenters. The van der Waals surface area contributed by atoms with Gasteiger partial charge in [-0.25, -0.2) is 0 Å². The quantitative estimate of drug-likeness (QED) is 0.414. The summed E-state index contributed by atoms with van der Waals surface area (Å²) in [5, 5.41) is 5.76. The second-order valence-corrected chi connectivity index (χ2v) is 7.79. The molecule has 0 unspecified atom stereocenters. The minimum absolute atomic E-state index is 0.340. The molecule has 3 nitrogen and oxygen atoms in total.